The zero-order valence-electron chi connectivity index (χ0n) is 10.8. The van der Waals surface area contributed by atoms with E-state index in [1.807, 2.05) is 12.3 Å². The van der Waals surface area contributed by atoms with Gasteiger partial charge in [0.05, 0.1) is 15.4 Å². The number of fused-ring (bicyclic) bond motifs is 1. The van der Waals surface area contributed by atoms with Crippen molar-refractivity contribution in [2.24, 2.45) is 7.05 Å². The van der Waals surface area contributed by atoms with Gasteiger partial charge in [-0.05, 0) is 36.1 Å². The Morgan fingerprint density at radius 3 is 2.80 bits per heavy atom. The SMILES string of the molecule is Cc1csc(C(=O)c2ccc3c(c2)oc(=O)n3C)c1Cl. The lowest BCUT2D eigenvalue weighted by atomic mass is 10.1. The number of oxazole rings is 1. The maximum atomic E-state index is 12.4. The number of hydrogen-bond donors (Lipinski definition) is 0. The molecule has 0 N–H and O–H groups in total. The average molecular weight is 308 g/mol. The van der Waals surface area contributed by atoms with Crippen LogP contribution < -0.4 is 5.76 Å². The molecule has 0 unspecified atom stereocenters. The number of carbonyl (C=O) groups is 1. The summed E-state index contributed by atoms with van der Waals surface area (Å²) in [5, 5.41) is 2.33. The Morgan fingerprint density at radius 2 is 2.15 bits per heavy atom. The minimum atomic E-state index is -0.449. The average Bonchev–Trinajstić information content (AvgIpc) is 2.91. The minimum absolute atomic E-state index is 0.165. The lowest BCUT2D eigenvalue weighted by molar-refractivity contribution is 0.104. The van der Waals surface area contributed by atoms with Crippen molar-refractivity contribution in [3.05, 3.63) is 55.2 Å². The van der Waals surface area contributed by atoms with Crippen LogP contribution in [-0.4, -0.2) is 10.4 Å². The molecule has 0 amide bonds. The molecule has 3 aromatic rings. The highest BCUT2D eigenvalue weighted by molar-refractivity contribution is 7.13. The fourth-order valence-electron chi connectivity index (χ4n) is 1.99. The topological polar surface area (TPSA) is 52.2 Å². The number of benzene rings is 1. The summed E-state index contributed by atoms with van der Waals surface area (Å²) in [6.07, 6.45) is 0. The van der Waals surface area contributed by atoms with Crippen LogP contribution in [0.1, 0.15) is 20.8 Å². The van der Waals surface area contributed by atoms with Crippen LogP contribution in [0.3, 0.4) is 0 Å². The number of ketones is 1. The molecule has 4 nitrogen and oxygen atoms in total. The second kappa shape index (κ2) is 4.61. The summed E-state index contributed by atoms with van der Waals surface area (Å²) in [6.45, 7) is 1.86. The molecule has 2 heterocycles. The van der Waals surface area contributed by atoms with Gasteiger partial charge in [0.15, 0.2) is 5.58 Å². The molecule has 0 saturated heterocycles. The molecule has 1 aromatic carbocycles. The van der Waals surface area contributed by atoms with Gasteiger partial charge in [-0.3, -0.25) is 9.36 Å². The summed E-state index contributed by atoms with van der Waals surface area (Å²) in [7, 11) is 1.62. The standard InChI is InChI=1S/C14H10ClNO3S/c1-7-6-20-13(11(7)15)12(17)8-3-4-9-10(5-8)19-14(18)16(9)2/h3-6H,1-2H3. The number of rotatable bonds is 2. The molecule has 0 saturated carbocycles. The van der Waals surface area contributed by atoms with Gasteiger partial charge in [0.1, 0.15) is 0 Å². The third kappa shape index (κ3) is 1.90. The fourth-order valence-corrected chi connectivity index (χ4v) is 3.23. The molecule has 0 aliphatic heterocycles. The van der Waals surface area contributed by atoms with Gasteiger partial charge >= 0.3 is 5.76 Å². The lowest BCUT2D eigenvalue weighted by Crippen LogP contribution is -2.08. The van der Waals surface area contributed by atoms with Crippen molar-refractivity contribution in [3.63, 3.8) is 0 Å². The predicted molar refractivity (Wildman–Crippen MR) is 79.0 cm³/mol. The van der Waals surface area contributed by atoms with E-state index in [2.05, 4.69) is 0 Å². The van der Waals surface area contributed by atoms with Crippen LogP contribution in [0.5, 0.6) is 0 Å². The monoisotopic (exact) mass is 307 g/mol. The van der Waals surface area contributed by atoms with Crippen molar-refractivity contribution in [3.8, 4) is 0 Å². The van der Waals surface area contributed by atoms with Crippen molar-refractivity contribution < 1.29 is 9.21 Å². The number of nitrogens with zero attached hydrogens (tertiary/aromatic N) is 1. The largest absolute Gasteiger partial charge is 0.419 e. The molecule has 0 fully saturated rings. The smallest absolute Gasteiger partial charge is 0.408 e. The van der Waals surface area contributed by atoms with Crippen LogP contribution in [0.4, 0.5) is 0 Å². The molecule has 0 radical (unpaired) electrons. The summed E-state index contributed by atoms with van der Waals surface area (Å²) in [5.74, 6) is -0.615. The first kappa shape index (κ1) is 13.1. The molecule has 0 bridgehead atoms. The molecular weight excluding hydrogens is 298 g/mol. The van der Waals surface area contributed by atoms with E-state index in [1.165, 1.54) is 15.9 Å². The Labute approximate surface area is 123 Å². The Hall–Kier alpha value is -1.85. The normalized spacial score (nSPS) is 11.2. The van der Waals surface area contributed by atoms with Gasteiger partial charge in [0.2, 0.25) is 5.78 Å². The Kier molecular flexibility index (Phi) is 3.03. The van der Waals surface area contributed by atoms with E-state index >= 15 is 0 Å². The Bertz CT molecular complexity index is 888. The Balaban J connectivity index is 2.13. The van der Waals surface area contributed by atoms with E-state index in [4.69, 9.17) is 16.0 Å². The summed E-state index contributed by atoms with van der Waals surface area (Å²) in [4.78, 5) is 24.4. The number of hydrogen-bond acceptors (Lipinski definition) is 4. The van der Waals surface area contributed by atoms with Crippen molar-refractivity contribution in [1.29, 1.82) is 0 Å². The van der Waals surface area contributed by atoms with Crippen LogP contribution in [0.25, 0.3) is 11.1 Å². The zero-order valence-corrected chi connectivity index (χ0v) is 12.3. The number of aryl methyl sites for hydroxylation is 2. The van der Waals surface area contributed by atoms with Crippen molar-refractivity contribution in [2.75, 3.05) is 0 Å². The predicted octanol–water partition coefficient (Wildman–Crippen LogP) is 3.39. The molecule has 3 rings (SSSR count). The van der Waals surface area contributed by atoms with E-state index in [1.54, 1.807) is 25.2 Å². The quantitative estimate of drug-likeness (QED) is 0.682. The van der Waals surface area contributed by atoms with Crippen molar-refractivity contribution >= 4 is 39.8 Å². The van der Waals surface area contributed by atoms with Crippen LogP contribution in [-0.2, 0) is 7.05 Å². The van der Waals surface area contributed by atoms with Gasteiger partial charge in [-0.25, -0.2) is 4.79 Å². The first-order valence-corrected chi connectivity index (χ1v) is 7.12. The Morgan fingerprint density at radius 1 is 1.40 bits per heavy atom. The summed E-state index contributed by atoms with van der Waals surface area (Å²) >= 11 is 7.43. The molecule has 102 valence electrons. The second-order valence-electron chi connectivity index (χ2n) is 4.50. The van der Waals surface area contributed by atoms with Crippen molar-refractivity contribution in [2.45, 2.75) is 6.92 Å². The van der Waals surface area contributed by atoms with Crippen molar-refractivity contribution in [1.82, 2.24) is 4.57 Å². The van der Waals surface area contributed by atoms with E-state index < -0.39 is 5.76 Å². The van der Waals surface area contributed by atoms with Crippen LogP contribution in [0.2, 0.25) is 5.02 Å². The highest BCUT2D eigenvalue weighted by Crippen LogP contribution is 2.29. The van der Waals surface area contributed by atoms with E-state index in [0.29, 0.717) is 26.6 Å². The van der Waals surface area contributed by atoms with Gasteiger partial charge < -0.3 is 4.42 Å². The summed E-state index contributed by atoms with van der Waals surface area (Å²) in [5.41, 5.74) is 2.38. The first-order chi connectivity index (χ1) is 9.49. The molecule has 0 aliphatic rings. The number of aromatic nitrogens is 1. The first-order valence-electron chi connectivity index (χ1n) is 5.87. The number of carbonyl (C=O) groups excluding carboxylic acids is 1. The lowest BCUT2D eigenvalue weighted by Gasteiger charge is -2.00. The van der Waals surface area contributed by atoms with Gasteiger partial charge in [-0.2, -0.15) is 0 Å². The summed E-state index contributed by atoms with van der Waals surface area (Å²) < 4.78 is 6.48. The van der Waals surface area contributed by atoms with Gasteiger partial charge in [0.25, 0.3) is 0 Å². The summed E-state index contributed by atoms with van der Waals surface area (Å²) in [6, 6.07) is 4.94. The van der Waals surface area contributed by atoms with Gasteiger partial charge in [-0.15, -0.1) is 11.3 Å². The third-order valence-corrected chi connectivity index (χ3v) is 4.86. The van der Waals surface area contributed by atoms with Crippen LogP contribution in [0.15, 0.2) is 32.8 Å². The van der Waals surface area contributed by atoms with Crippen LogP contribution in [0, 0.1) is 6.92 Å². The van der Waals surface area contributed by atoms with E-state index in [9.17, 15) is 9.59 Å². The molecule has 0 atom stereocenters. The highest BCUT2D eigenvalue weighted by atomic mass is 35.5. The number of halogens is 1. The molecule has 2 aromatic heterocycles. The van der Waals surface area contributed by atoms with Crippen LogP contribution >= 0.6 is 22.9 Å². The highest BCUT2D eigenvalue weighted by Gasteiger charge is 2.18. The van der Waals surface area contributed by atoms with Gasteiger partial charge in [-0.1, -0.05) is 11.6 Å². The third-order valence-electron chi connectivity index (χ3n) is 3.16. The minimum Gasteiger partial charge on any atom is -0.408 e. The molecule has 6 heteroatoms. The maximum absolute atomic E-state index is 12.4. The molecule has 0 spiro atoms. The molecule has 20 heavy (non-hydrogen) atoms. The van der Waals surface area contributed by atoms with E-state index in [-0.39, 0.29) is 5.78 Å². The second-order valence-corrected chi connectivity index (χ2v) is 5.76. The molecule has 0 aliphatic carbocycles. The number of thiophene rings is 1. The molecular formula is C14H10ClNO3S. The van der Waals surface area contributed by atoms with E-state index in [0.717, 1.165) is 5.56 Å². The fraction of sp³-hybridized carbons (Fsp3) is 0.143. The maximum Gasteiger partial charge on any atom is 0.419 e. The van der Waals surface area contributed by atoms with Gasteiger partial charge in [0, 0.05) is 12.6 Å². The zero-order chi connectivity index (χ0) is 14.4.